The van der Waals surface area contributed by atoms with E-state index in [1.54, 1.807) is 0 Å². The predicted octanol–water partition coefficient (Wildman–Crippen LogP) is 2.84. The lowest BCUT2D eigenvalue weighted by molar-refractivity contribution is 0.366. The van der Waals surface area contributed by atoms with Gasteiger partial charge in [-0.3, -0.25) is 0 Å². The molecular formula is C13H23N3. The molecule has 0 radical (unpaired) electrons. The molecule has 0 aromatic carbocycles. The SMILES string of the molecule is CCC(C)n1ccnc1C1CCC(N)CC1. The van der Waals surface area contributed by atoms with Gasteiger partial charge in [-0.15, -0.1) is 0 Å². The summed E-state index contributed by atoms with van der Waals surface area (Å²) in [4.78, 5) is 4.56. The van der Waals surface area contributed by atoms with Crippen LogP contribution in [0.3, 0.4) is 0 Å². The fraction of sp³-hybridized carbons (Fsp3) is 0.769. The van der Waals surface area contributed by atoms with E-state index < -0.39 is 0 Å². The monoisotopic (exact) mass is 221 g/mol. The molecule has 1 aromatic rings. The molecule has 0 bridgehead atoms. The van der Waals surface area contributed by atoms with Crippen LogP contribution in [0.4, 0.5) is 0 Å². The second-order valence-electron chi connectivity index (χ2n) is 5.06. The van der Waals surface area contributed by atoms with Crippen LogP contribution in [0.1, 0.15) is 63.7 Å². The Labute approximate surface area is 98.1 Å². The number of nitrogens with zero attached hydrogens (tertiary/aromatic N) is 2. The molecule has 90 valence electrons. The molecule has 3 heteroatoms. The molecule has 1 aliphatic carbocycles. The van der Waals surface area contributed by atoms with Crippen molar-refractivity contribution >= 4 is 0 Å². The molecule has 2 N–H and O–H groups in total. The number of rotatable bonds is 3. The van der Waals surface area contributed by atoms with Gasteiger partial charge in [0, 0.05) is 30.4 Å². The maximum Gasteiger partial charge on any atom is 0.112 e. The number of imidazole rings is 1. The van der Waals surface area contributed by atoms with Crippen molar-refractivity contribution < 1.29 is 0 Å². The molecule has 1 atom stereocenters. The van der Waals surface area contributed by atoms with Gasteiger partial charge in [-0.1, -0.05) is 6.92 Å². The van der Waals surface area contributed by atoms with E-state index in [-0.39, 0.29) is 0 Å². The molecular weight excluding hydrogens is 198 g/mol. The van der Waals surface area contributed by atoms with Crippen molar-refractivity contribution in [1.29, 1.82) is 0 Å². The second kappa shape index (κ2) is 5.00. The van der Waals surface area contributed by atoms with E-state index in [2.05, 4.69) is 29.6 Å². The van der Waals surface area contributed by atoms with Crippen molar-refractivity contribution in [3.63, 3.8) is 0 Å². The van der Waals surface area contributed by atoms with E-state index in [0.29, 0.717) is 18.0 Å². The fourth-order valence-electron chi connectivity index (χ4n) is 2.59. The van der Waals surface area contributed by atoms with Crippen molar-refractivity contribution in [1.82, 2.24) is 9.55 Å². The third-order valence-electron chi connectivity index (χ3n) is 3.90. The zero-order chi connectivity index (χ0) is 11.5. The summed E-state index contributed by atoms with van der Waals surface area (Å²) in [6.45, 7) is 4.49. The van der Waals surface area contributed by atoms with Crippen LogP contribution in [0.2, 0.25) is 0 Å². The summed E-state index contributed by atoms with van der Waals surface area (Å²) in [6, 6.07) is 0.983. The van der Waals surface area contributed by atoms with Gasteiger partial charge in [0.1, 0.15) is 5.82 Å². The number of hydrogen-bond acceptors (Lipinski definition) is 2. The molecule has 1 saturated carbocycles. The molecule has 1 fully saturated rings. The van der Waals surface area contributed by atoms with Crippen molar-refractivity contribution in [3.05, 3.63) is 18.2 Å². The first-order valence-electron chi connectivity index (χ1n) is 6.50. The number of hydrogen-bond donors (Lipinski definition) is 1. The van der Waals surface area contributed by atoms with Gasteiger partial charge in [-0.2, -0.15) is 0 Å². The quantitative estimate of drug-likeness (QED) is 0.853. The van der Waals surface area contributed by atoms with Crippen molar-refractivity contribution in [2.45, 2.75) is 64.0 Å². The van der Waals surface area contributed by atoms with Crippen LogP contribution in [-0.2, 0) is 0 Å². The molecule has 1 heterocycles. The molecule has 0 saturated heterocycles. The third kappa shape index (κ3) is 2.29. The molecule has 1 aliphatic rings. The van der Waals surface area contributed by atoms with E-state index in [1.807, 2.05) is 6.20 Å². The second-order valence-corrected chi connectivity index (χ2v) is 5.06. The lowest BCUT2D eigenvalue weighted by Crippen LogP contribution is -2.27. The topological polar surface area (TPSA) is 43.8 Å². The average Bonchev–Trinajstić information content (AvgIpc) is 2.78. The minimum atomic E-state index is 0.420. The van der Waals surface area contributed by atoms with Gasteiger partial charge < -0.3 is 10.3 Å². The molecule has 0 spiro atoms. The first-order valence-corrected chi connectivity index (χ1v) is 6.50. The van der Waals surface area contributed by atoms with Crippen LogP contribution >= 0.6 is 0 Å². The van der Waals surface area contributed by atoms with E-state index in [9.17, 15) is 0 Å². The Morgan fingerprint density at radius 3 is 2.75 bits per heavy atom. The summed E-state index contributed by atoms with van der Waals surface area (Å²) in [6.07, 6.45) is 9.93. The molecule has 2 rings (SSSR count). The Hall–Kier alpha value is -0.830. The van der Waals surface area contributed by atoms with Gasteiger partial charge in [0.25, 0.3) is 0 Å². The Bertz CT molecular complexity index is 324. The van der Waals surface area contributed by atoms with Gasteiger partial charge in [-0.05, 0) is 39.0 Å². The van der Waals surface area contributed by atoms with Gasteiger partial charge in [0.05, 0.1) is 0 Å². The molecule has 0 amide bonds. The minimum absolute atomic E-state index is 0.420. The van der Waals surface area contributed by atoms with Gasteiger partial charge in [0.15, 0.2) is 0 Å². The van der Waals surface area contributed by atoms with Crippen LogP contribution in [0.15, 0.2) is 12.4 Å². The third-order valence-corrected chi connectivity index (χ3v) is 3.90. The fourth-order valence-corrected chi connectivity index (χ4v) is 2.59. The van der Waals surface area contributed by atoms with Crippen LogP contribution in [0.5, 0.6) is 0 Å². The molecule has 1 unspecified atom stereocenters. The Kier molecular flexibility index (Phi) is 3.64. The zero-order valence-electron chi connectivity index (χ0n) is 10.4. The minimum Gasteiger partial charge on any atom is -0.332 e. The van der Waals surface area contributed by atoms with Gasteiger partial charge >= 0.3 is 0 Å². The van der Waals surface area contributed by atoms with E-state index in [1.165, 1.54) is 18.7 Å². The summed E-state index contributed by atoms with van der Waals surface area (Å²) in [5.41, 5.74) is 5.95. The van der Waals surface area contributed by atoms with Crippen LogP contribution < -0.4 is 5.73 Å². The Balaban J connectivity index is 2.11. The number of nitrogens with two attached hydrogens (primary N) is 1. The van der Waals surface area contributed by atoms with E-state index in [0.717, 1.165) is 19.3 Å². The Morgan fingerprint density at radius 2 is 2.12 bits per heavy atom. The first kappa shape index (κ1) is 11.6. The summed E-state index contributed by atoms with van der Waals surface area (Å²) >= 11 is 0. The summed E-state index contributed by atoms with van der Waals surface area (Å²) in [7, 11) is 0. The van der Waals surface area contributed by atoms with Crippen LogP contribution in [-0.4, -0.2) is 15.6 Å². The maximum atomic E-state index is 5.95. The molecule has 0 aliphatic heterocycles. The largest absolute Gasteiger partial charge is 0.332 e. The highest BCUT2D eigenvalue weighted by molar-refractivity contribution is 5.04. The van der Waals surface area contributed by atoms with E-state index in [4.69, 9.17) is 5.73 Å². The van der Waals surface area contributed by atoms with Crippen LogP contribution in [0, 0.1) is 0 Å². The maximum absolute atomic E-state index is 5.95. The summed E-state index contributed by atoms with van der Waals surface area (Å²) in [5.74, 6) is 1.91. The first-order chi connectivity index (χ1) is 7.72. The number of aromatic nitrogens is 2. The average molecular weight is 221 g/mol. The van der Waals surface area contributed by atoms with E-state index >= 15 is 0 Å². The van der Waals surface area contributed by atoms with Crippen molar-refractivity contribution in [3.8, 4) is 0 Å². The molecule has 3 nitrogen and oxygen atoms in total. The highest BCUT2D eigenvalue weighted by atomic mass is 15.1. The smallest absolute Gasteiger partial charge is 0.112 e. The Morgan fingerprint density at radius 1 is 1.44 bits per heavy atom. The molecule has 1 aromatic heterocycles. The van der Waals surface area contributed by atoms with Gasteiger partial charge in [-0.25, -0.2) is 4.98 Å². The zero-order valence-corrected chi connectivity index (χ0v) is 10.4. The van der Waals surface area contributed by atoms with Crippen LogP contribution in [0.25, 0.3) is 0 Å². The van der Waals surface area contributed by atoms with Crippen molar-refractivity contribution in [2.75, 3.05) is 0 Å². The standard InChI is InChI=1S/C13H23N3/c1-3-10(2)16-9-8-15-13(16)11-4-6-12(14)7-5-11/h8-12H,3-7,14H2,1-2H3. The highest BCUT2D eigenvalue weighted by Gasteiger charge is 2.24. The highest BCUT2D eigenvalue weighted by Crippen LogP contribution is 2.32. The molecule has 16 heavy (non-hydrogen) atoms. The predicted molar refractivity (Wildman–Crippen MR) is 66.4 cm³/mol. The lowest BCUT2D eigenvalue weighted by Gasteiger charge is -2.27. The lowest BCUT2D eigenvalue weighted by atomic mass is 9.86. The normalized spacial score (nSPS) is 27.9. The van der Waals surface area contributed by atoms with Gasteiger partial charge in [0.2, 0.25) is 0 Å². The summed E-state index contributed by atoms with van der Waals surface area (Å²) < 4.78 is 2.35. The summed E-state index contributed by atoms with van der Waals surface area (Å²) in [5, 5.41) is 0. The van der Waals surface area contributed by atoms with Crippen molar-refractivity contribution in [2.24, 2.45) is 5.73 Å².